The molecule has 0 atom stereocenters. The minimum absolute atomic E-state index is 0.0424. The van der Waals surface area contributed by atoms with E-state index in [4.69, 9.17) is 5.73 Å². The van der Waals surface area contributed by atoms with Gasteiger partial charge in [0, 0.05) is 19.1 Å². The lowest BCUT2D eigenvalue weighted by atomic mass is 10.2. The van der Waals surface area contributed by atoms with Crippen LogP contribution in [0.3, 0.4) is 0 Å². The maximum absolute atomic E-state index is 13.3. The zero-order valence-corrected chi connectivity index (χ0v) is 9.35. The van der Waals surface area contributed by atoms with E-state index < -0.39 is 32.4 Å². The molecule has 0 amide bonds. The van der Waals surface area contributed by atoms with Crippen LogP contribution < -0.4 is 5.73 Å². The van der Waals surface area contributed by atoms with Crippen LogP contribution in [0.4, 0.5) is 13.2 Å². The van der Waals surface area contributed by atoms with Crippen molar-refractivity contribution in [3.8, 4) is 0 Å². The van der Waals surface area contributed by atoms with Gasteiger partial charge in [0.05, 0.1) is 0 Å². The topological polar surface area (TPSA) is 63.4 Å². The summed E-state index contributed by atoms with van der Waals surface area (Å²) in [7, 11) is -4.13. The fourth-order valence-corrected chi connectivity index (χ4v) is 3.12. The first-order valence-corrected chi connectivity index (χ1v) is 6.17. The molecule has 1 saturated heterocycles. The highest BCUT2D eigenvalue weighted by Gasteiger charge is 2.37. The van der Waals surface area contributed by atoms with E-state index in [1.54, 1.807) is 0 Å². The SMILES string of the molecule is NC1CN(S(=O)(=O)c2ccc(F)c(F)c2F)C1. The summed E-state index contributed by atoms with van der Waals surface area (Å²) >= 11 is 0. The van der Waals surface area contributed by atoms with Gasteiger partial charge in [-0.15, -0.1) is 0 Å². The van der Waals surface area contributed by atoms with Gasteiger partial charge in [-0.1, -0.05) is 0 Å². The van der Waals surface area contributed by atoms with Crippen molar-refractivity contribution in [1.82, 2.24) is 4.31 Å². The molecule has 0 aromatic heterocycles. The van der Waals surface area contributed by atoms with Crippen LogP contribution in [0, 0.1) is 17.5 Å². The van der Waals surface area contributed by atoms with Gasteiger partial charge in [-0.25, -0.2) is 21.6 Å². The van der Waals surface area contributed by atoms with Crippen molar-refractivity contribution in [3.63, 3.8) is 0 Å². The highest BCUT2D eigenvalue weighted by Crippen LogP contribution is 2.25. The monoisotopic (exact) mass is 266 g/mol. The molecule has 94 valence electrons. The summed E-state index contributed by atoms with van der Waals surface area (Å²) < 4.78 is 63.4. The van der Waals surface area contributed by atoms with E-state index in [1.165, 1.54) is 0 Å². The summed E-state index contributed by atoms with van der Waals surface area (Å²) in [6, 6.07) is 0.968. The largest absolute Gasteiger partial charge is 0.325 e. The zero-order chi connectivity index (χ0) is 12.8. The van der Waals surface area contributed by atoms with Crippen LogP contribution in [0.2, 0.25) is 0 Å². The Morgan fingerprint density at radius 1 is 1.18 bits per heavy atom. The van der Waals surface area contributed by atoms with Gasteiger partial charge in [-0.05, 0) is 12.1 Å². The van der Waals surface area contributed by atoms with Crippen LogP contribution in [0.5, 0.6) is 0 Å². The number of halogens is 3. The van der Waals surface area contributed by atoms with E-state index in [-0.39, 0.29) is 19.1 Å². The molecule has 0 aliphatic carbocycles. The predicted molar refractivity (Wildman–Crippen MR) is 53.1 cm³/mol. The van der Waals surface area contributed by atoms with E-state index in [0.717, 1.165) is 4.31 Å². The van der Waals surface area contributed by atoms with E-state index in [0.29, 0.717) is 12.1 Å². The van der Waals surface area contributed by atoms with Crippen molar-refractivity contribution in [1.29, 1.82) is 0 Å². The molecule has 1 fully saturated rings. The third-order valence-corrected chi connectivity index (χ3v) is 4.34. The summed E-state index contributed by atoms with van der Waals surface area (Å²) in [6.07, 6.45) is 0. The average molecular weight is 266 g/mol. The molecule has 8 heteroatoms. The van der Waals surface area contributed by atoms with Gasteiger partial charge >= 0.3 is 0 Å². The van der Waals surface area contributed by atoms with Crippen LogP contribution in [-0.2, 0) is 10.0 Å². The summed E-state index contributed by atoms with van der Waals surface area (Å²) in [4.78, 5) is -0.872. The quantitative estimate of drug-likeness (QED) is 0.790. The molecule has 0 radical (unpaired) electrons. The third-order valence-electron chi connectivity index (χ3n) is 2.49. The lowest BCUT2D eigenvalue weighted by molar-refractivity contribution is 0.264. The number of hydrogen-bond donors (Lipinski definition) is 1. The van der Waals surface area contributed by atoms with Crippen LogP contribution >= 0.6 is 0 Å². The lowest BCUT2D eigenvalue weighted by Gasteiger charge is -2.35. The Balaban J connectivity index is 2.44. The Hall–Kier alpha value is -1.12. The molecule has 1 aromatic rings. The van der Waals surface area contributed by atoms with Gasteiger partial charge in [0.1, 0.15) is 4.90 Å². The minimum Gasteiger partial charge on any atom is -0.325 e. The summed E-state index contributed by atoms with van der Waals surface area (Å²) in [5.74, 6) is -4.93. The Labute approximate surface area is 95.9 Å². The van der Waals surface area contributed by atoms with Gasteiger partial charge in [0.15, 0.2) is 17.5 Å². The van der Waals surface area contributed by atoms with Gasteiger partial charge in [-0.3, -0.25) is 0 Å². The van der Waals surface area contributed by atoms with Gasteiger partial charge in [-0.2, -0.15) is 4.31 Å². The van der Waals surface area contributed by atoms with Crippen LogP contribution in [0.15, 0.2) is 17.0 Å². The van der Waals surface area contributed by atoms with Crippen LogP contribution in [0.25, 0.3) is 0 Å². The van der Waals surface area contributed by atoms with Gasteiger partial charge in [0.25, 0.3) is 0 Å². The van der Waals surface area contributed by atoms with Crippen LogP contribution in [-0.4, -0.2) is 31.9 Å². The molecule has 0 unspecified atom stereocenters. The Morgan fingerprint density at radius 2 is 1.76 bits per heavy atom. The smallest absolute Gasteiger partial charge is 0.246 e. The molecular weight excluding hydrogens is 257 g/mol. The molecular formula is C9H9F3N2O2S. The Morgan fingerprint density at radius 3 is 2.29 bits per heavy atom. The number of benzene rings is 1. The van der Waals surface area contributed by atoms with Crippen molar-refractivity contribution in [2.24, 2.45) is 5.73 Å². The normalized spacial score (nSPS) is 18.1. The fraction of sp³-hybridized carbons (Fsp3) is 0.333. The molecule has 1 aliphatic rings. The zero-order valence-electron chi connectivity index (χ0n) is 8.53. The van der Waals surface area contributed by atoms with Crippen molar-refractivity contribution in [3.05, 3.63) is 29.6 Å². The average Bonchev–Trinajstić information content (AvgIpc) is 2.21. The lowest BCUT2D eigenvalue weighted by Crippen LogP contribution is -2.57. The number of rotatable bonds is 2. The number of nitrogens with zero attached hydrogens (tertiary/aromatic N) is 1. The second-order valence-electron chi connectivity index (χ2n) is 3.76. The van der Waals surface area contributed by atoms with Crippen molar-refractivity contribution < 1.29 is 21.6 Å². The standard InChI is InChI=1S/C9H9F3N2O2S/c10-6-1-2-7(9(12)8(6)11)17(15,16)14-3-5(13)4-14/h1-2,5H,3-4,13H2. The number of sulfonamides is 1. The second-order valence-corrected chi connectivity index (χ2v) is 5.66. The Bertz CT molecular complexity index is 556. The predicted octanol–water partition coefficient (Wildman–Crippen LogP) is 0.436. The maximum Gasteiger partial charge on any atom is 0.246 e. The molecule has 1 aliphatic heterocycles. The van der Waals surface area contributed by atoms with E-state index in [1.807, 2.05) is 0 Å². The van der Waals surface area contributed by atoms with Crippen LogP contribution in [0.1, 0.15) is 0 Å². The molecule has 0 spiro atoms. The first-order chi connectivity index (χ1) is 7.84. The first-order valence-electron chi connectivity index (χ1n) is 4.73. The second kappa shape index (κ2) is 3.97. The molecule has 0 bridgehead atoms. The fourth-order valence-electron chi connectivity index (χ4n) is 1.51. The third kappa shape index (κ3) is 1.92. The highest BCUT2D eigenvalue weighted by molar-refractivity contribution is 7.89. The van der Waals surface area contributed by atoms with E-state index in [9.17, 15) is 21.6 Å². The minimum atomic E-state index is -4.13. The molecule has 2 N–H and O–H groups in total. The first kappa shape index (κ1) is 12.3. The summed E-state index contributed by atoms with van der Waals surface area (Å²) in [5, 5.41) is 0. The van der Waals surface area contributed by atoms with Crippen molar-refractivity contribution in [2.45, 2.75) is 10.9 Å². The molecule has 4 nitrogen and oxygen atoms in total. The molecule has 1 aromatic carbocycles. The molecule has 2 rings (SSSR count). The van der Waals surface area contributed by atoms with Gasteiger partial charge in [0.2, 0.25) is 10.0 Å². The number of nitrogens with two attached hydrogens (primary N) is 1. The molecule has 0 saturated carbocycles. The van der Waals surface area contributed by atoms with E-state index >= 15 is 0 Å². The molecule has 1 heterocycles. The van der Waals surface area contributed by atoms with Crippen molar-refractivity contribution >= 4 is 10.0 Å². The maximum atomic E-state index is 13.3. The van der Waals surface area contributed by atoms with Gasteiger partial charge < -0.3 is 5.73 Å². The summed E-state index contributed by atoms with van der Waals surface area (Å²) in [6.45, 7) is 0.0849. The highest BCUT2D eigenvalue weighted by atomic mass is 32.2. The number of hydrogen-bond acceptors (Lipinski definition) is 3. The van der Waals surface area contributed by atoms with E-state index in [2.05, 4.69) is 0 Å². The Kier molecular flexibility index (Phi) is 2.88. The summed E-state index contributed by atoms with van der Waals surface area (Å²) in [5.41, 5.74) is 5.40. The molecule has 17 heavy (non-hydrogen) atoms. The van der Waals surface area contributed by atoms with Crippen molar-refractivity contribution in [2.75, 3.05) is 13.1 Å².